The van der Waals surface area contributed by atoms with Gasteiger partial charge in [-0.25, -0.2) is 4.79 Å². The number of aromatic amines is 2. The minimum Gasteiger partial charge on any atom is -0.429 e. The fraction of sp³-hybridized carbons (Fsp3) is 0. The number of oxazole rings is 1. The van der Waals surface area contributed by atoms with Crippen molar-refractivity contribution in [3.63, 3.8) is 0 Å². The van der Waals surface area contributed by atoms with E-state index in [4.69, 9.17) is 4.42 Å². The van der Waals surface area contributed by atoms with Crippen LogP contribution in [0.2, 0.25) is 0 Å². The highest BCUT2D eigenvalue weighted by atomic mass is 16.4. The quantitative estimate of drug-likeness (QED) is 0.647. The molecule has 3 aromatic rings. The van der Waals surface area contributed by atoms with Crippen LogP contribution in [0.5, 0.6) is 0 Å². The zero-order chi connectivity index (χ0) is 11.8. The lowest BCUT2D eigenvalue weighted by molar-refractivity contribution is 0.614. The van der Waals surface area contributed by atoms with Gasteiger partial charge in [-0.1, -0.05) is 18.2 Å². The van der Waals surface area contributed by atoms with E-state index in [1.807, 2.05) is 18.2 Å². The number of hydrogen-bond acceptors (Lipinski definition) is 4. The van der Waals surface area contributed by atoms with E-state index in [0.717, 1.165) is 5.56 Å². The summed E-state index contributed by atoms with van der Waals surface area (Å²) in [6.07, 6.45) is 0. The molecular formula is C11H7N3O3. The number of H-pyrrole nitrogens is 2. The summed E-state index contributed by atoms with van der Waals surface area (Å²) in [7, 11) is 0. The van der Waals surface area contributed by atoms with E-state index in [0.29, 0.717) is 5.89 Å². The van der Waals surface area contributed by atoms with E-state index in [1.165, 1.54) is 0 Å². The Morgan fingerprint density at radius 1 is 1.06 bits per heavy atom. The molecule has 0 aliphatic carbocycles. The van der Waals surface area contributed by atoms with E-state index < -0.39 is 11.2 Å². The highest BCUT2D eigenvalue weighted by Crippen LogP contribution is 2.19. The molecule has 84 valence electrons. The number of hydrogen-bond donors (Lipinski definition) is 2. The number of rotatable bonds is 1. The molecule has 2 aromatic heterocycles. The molecule has 0 aliphatic rings. The van der Waals surface area contributed by atoms with Crippen LogP contribution in [0.25, 0.3) is 22.7 Å². The van der Waals surface area contributed by atoms with Gasteiger partial charge in [0.1, 0.15) is 0 Å². The van der Waals surface area contributed by atoms with Gasteiger partial charge in [0.15, 0.2) is 5.65 Å². The molecule has 2 N–H and O–H groups in total. The van der Waals surface area contributed by atoms with Crippen molar-refractivity contribution >= 4 is 11.2 Å². The van der Waals surface area contributed by atoms with Gasteiger partial charge in [0.25, 0.3) is 5.56 Å². The van der Waals surface area contributed by atoms with Gasteiger partial charge in [-0.2, -0.15) is 4.98 Å². The highest BCUT2D eigenvalue weighted by molar-refractivity contribution is 5.70. The number of aromatic nitrogens is 3. The van der Waals surface area contributed by atoms with E-state index in [9.17, 15) is 9.59 Å². The van der Waals surface area contributed by atoms with Crippen molar-refractivity contribution in [1.29, 1.82) is 0 Å². The second-order valence-electron chi connectivity index (χ2n) is 3.47. The Kier molecular flexibility index (Phi) is 1.94. The van der Waals surface area contributed by atoms with Crippen LogP contribution >= 0.6 is 0 Å². The Hall–Kier alpha value is -2.63. The van der Waals surface area contributed by atoms with Gasteiger partial charge in [0.05, 0.1) is 0 Å². The van der Waals surface area contributed by atoms with Crippen LogP contribution in [-0.2, 0) is 0 Å². The third kappa shape index (κ3) is 1.55. The smallest absolute Gasteiger partial charge is 0.327 e. The lowest BCUT2D eigenvalue weighted by Gasteiger charge is -1.91. The average Bonchev–Trinajstić information content (AvgIpc) is 2.74. The highest BCUT2D eigenvalue weighted by Gasteiger charge is 2.11. The third-order valence-electron chi connectivity index (χ3n) is 2.31. The Morgan fingerprint density at radius 2 is 1.82 bits per heavy atom. The number of nitrogens with zero attached hydrogens (tertiary/aromatic N) is 1. The third-order valence-corrected chi connectivity index (χ3v) is 2.31. The Labute approximate surface area is 93.9 Å². The molecule has 17 heavy (non-hydrogen) atoms. The largest absolute Gasteiger partial charge is 0.429 e. The van der Waals surface area contributed by atoms with Crippen LogP contribution in [0.3, 0.4) is 0 Å². The molecule has 0 saturated carbocycles. The molecule has 0 bridgehead atoms. The predicted octanol–water partition coefficient (Wildman–Crippen LogP) is 0.871. The molecule has 3 rings (SSSR count). The van der Waals surface area contributed by atoms with E-state index in [-0.39, 0.29) is 11.2 Å². The Bertz CT molecular complexity index is 783. The first kappa shape index (κ1) is 9.59. The van der Waals surface area contributed by atoms with Gasteiger partial charge >= 0.3 is 5.69 Å². The van der Waals surface area contributed by atoms with Gasteiger partial charge in [-0.15, -0.1) is 0 Å². The van der Waals surface area contributed by atoms with Gasteiger partial charge < -0.3 is 4.42 Å². The molecule has 0 aliphatic heterocycles. The van der Waals surface area contributed by atoms with Crippen LogP contribution in [0.15, 0.2) is 44.3 Å². The van der Waals surface area contributed by atoms with Gasteiger partial charge in [-0.3, -0.25) is 14.8 Å². The summed E-state index contributed by atoms with van der Waals surface area (Å²) < 4.78 is 5.31. The van der Waals surface area contributed by atoms with Crippen LogP contribution in [0.1, 0.15) is 0 Å². The second-order valence-corrected chi connectivity index (χ2v) is 3.47. The summed E-state index contributed by atoms with van der Waals surface area (Å²) in [6, 6.07) is 9.13. The molecule has 2 heterocycles. The fourth-order valence-electron chi connectivity index (χ4n) is 1.56. The minimum atomic E-state index is -0.601. The van der Waals surface area contributed by atoms with E-state index >= 15 is 0 Å². The van der Waals surface area contributed by atoms with Crippen LogP contribution in [-0.4, -0.2) is 15.0 Å². The van der Waals surface area contributed by atoms with Crippen LogP contribution < -0.4 is 11.2 Å². The average molecular weight is 229 g/mol. The topological polar surface area (TPSA) is 91.8 Å². The molecule has 0 fully saturated rings. The molecule has 0 radical (unpaired) electrons. The number of benzene rings is 1. The summed E-state index contributed by atoms with van der Waals surface area (Å²) in [5.74, 6) is 0.299. The molecule has 0 spiro atoms. The zero-order valence-electron chi connectivity index (χ0n) is 8.56. The Balaban J connectivity index is 2.31. The molecule has 1 aromatic carbocycles. The summed E-state index contributed by atoms with van der Waals surface area (Å²) in [4.78, 5) is 31.0. The lowest BCUT2D eigenvalue weighted by atomic mass is 10.2. The predicted molar refractivity (Wildman–Crippen MR) is 60.7 cm³/mol. The van der Waals surface area contributed by atoms with Crippen LogP contribution in [0, 0.1) is 0 Å². The van der Waals surface area contributed by atoms with Crippen molar-refractivity contribution in [2.75, 3.05) is 0 Å². The molecule has 6 heteroatoms. The number of fused-ring (bicyclic) bond motifs is 1. The van der Waals surface area contributed by atoms with Gasteiger partial charge in [-0.05, 0) is 12.1 Å². The van der Waals surface area contributed by atoms with Crippen molar-refractivity contribution in [2.45, 2.75) is 0 Å². The minimum absolute atomic E-state index is 0.0171. The SMILES string of the molecule is O=c1[nH]c(=O)c2oc(-c3ccccc3)nc2[nH]1. The van der Waals surface area contributed by atoms with Crippen molar-refractivity contribution in [2.24, 2.45) is 0 Å². The maximum atomic E-state index is 11.4. The molecule has 0 atom stereocenters. The first-order chi connectivity index (χ1) is 8.24. The van der Waals surface area contributed by atoms with Crippen LogP contribution in [0.4, 0.5) is 0 Å². The summed E-state index contributed by atoms with van der Waals surface area (Å²) in [5.41, 5.74) is -0.279. The first-order valence-electron chi connectivity index (χ1n) is 4.92. The second kappa shape index (κ2) is 3.44. The molecule has 6 nitrogen and oxygen atoms in total. The molecule has 0 unspecified atom stereocenters. The van der Waals surface area contributed by atoms with Gasteiger partial charge in [0, 0.05) is 5.56 Å². The summed E-state index contributed by atoms with van der Waals surface area (Å²) in [6.45, 7) is 0. The maximum Gasteiger partial charge on any atom is 0.327 e. The normalized spacial score (nSPS) is 10.8. The van der Waals surface area contributed by atoms with E-state index in [2.05, 4.69) is 15.0 Å². The van der Waals surface area contributed by atoms with Crippen molar-refractivity contribution in [3.05, 3.63) is 51.2 Å². The summed E-state index contributed by atoms with van der Waals surface area (Å²) >= 11 is 0. The van der Waals surface area contributed by atoms with Crippen molar-refractivity contribution in [3.8, 4) is 11.5 Å². The standard InChI is InChI=1S/C11H7N3O3/c15-9-7-8(13-11(16)14-9)12-10(17-7)6-4-2-1-3-5-6/h1-5H,(H2,13,14,15,16). The zero-order valence-corrected chi connectivity index (χ0v) is 8.56. The van der Waals surface area contributed by atoms with Gasteiger partial charge in [0.2, 0.25) is 11.5 Å². The molecule has 0 saturated heterocycles. The summed E-state index contributed by atoms with van der Waals surface area (Å²) in [5, 5.41) is 0. The van der Waals surface area contributed by atoms with Crippen molar-refractivity contribution < 1.29 is 4.42 Å². The fourth-order valence-corrected chi connectivity index (χ4v) is 1.56. The maximum absolute atomic E-state index is 11.4. The lowest BCUT2D eigenvalue weighted by Crippen LogP contribution is -2.21. The molecular weight excluding hydrogens is 222 g/mol. The Morgan fingerprint density at radius 3 is 2.59 bits per heavy atom. The van der Waals surface area contributed by atoms with Crippen molar-refractivity contribution in [1.82, 2.24) is 15.0 Å². The number of nitrogens with one attached hydrogen (secondary N) is 2. The monoisotopic (exact) mass is 229 g/mol. The first-order valence-corrected chi connectivity index (χ1v) is 4.92. The van der Waals surface area contributed by atoms with E-state index in [1.54, 1.807) is 12.1 Å². The molecule has 0 amide bonds.